The number of benzene rings is 2. The van der Waals surface area contributed by atoms with E-state index in [1.165, 1.54) is 6.20 Å². The SMILES string of the molecule is C[C@@H](Oc1cc(Cl)cnc1N)c1cccc(NC(=O)c2ccc3c(c2)N(C)C(=O)CC3)c1. The third-order valence-electron chi connectivity index (χ3n) is 5.46. The Morgan fingerprint density at radius 1 is 1.22 bits per heavy atom. The molecule has 1 aromatic heterocycles. The van der Waals surface area contributed by atoms with Gasteiger partial charge in [-0.2, -0.15) is 0 Å². The highest BCUT2D eigenvalue weighted by molar-refractivity contribution is 6.30. The molecule has 8 heteroatoms. The van der Waals surface area contributed by atoms with Crippen LogP contribution in [0, 0.1) is 0 Å². The summed E-state index contributed by atoms with van der Waals surface area (Å²) in [5, 5.41) is 3.34. The number of carbonyl (C=O) groups excluding carboxylic acids is 2. The minimum absolute atomic E-state index is 0.0484. The molecule has 2 heterocycles. The van der Waals surface area contributed by atoms with Gasteiger partial charge in [0.1, 0.15) is 6.10 Å². The van der Waals surface area contributed by atoms with Gasteiger partial charge in [0.2, 0.25) is 5.91 Å². The van der Waals surface area contributed by atoms with Gasteiger partial charge in [0, 0.05) is 42.7 Å². The molecule has 1 atom stereocenters. The maximum Gasteiger partial charge on any atom is 0.255 e. The molecule has 0 saturated carbocycles. The van der Waals surface area contributed by atoms with Gasteiger partial charge in [-0.05, 0) is 48.7 Å². The molecule has 4 rings (SSSR count). The molecule has 3 aromatic rings. The second kappa shape index (κ2) is 8.88. The Bertz CT molecular complexity index is 1200. The first-order chi connectivity index (χ1) is 15.3. The average Bonchev–Trinajstić information content (AvgIpc) is 2.78. The number of aromatic nitrogens is 1. The quantitative estimate of drug-likeness (QED) is 0.591. The van der Waals surface area contributed by atoms with Gasteiger partial charge >= 0.3 is 0 Å². The van der Waals surface area contributed by atoms with Gasteiger partial charge in [-0.15, -0.1) is 0 Å². The van der Waals surface area contributed by atoms with E-state index in [0.717, 1.165) is 16.8 Å². The van der Waals surface area contributed by atoms with E-state index in [4.69, 9.17) is 22.1 Å². The molecule has 2 amide bonds. The minimum atomic E-state index is -0.349. The monoisotopic (exact) mass is 450 g/mol. The number of halogens is 1. The third-order valence-corrected chi connectivity index (χ3v) is 5.66. The summed E-state index contributed by atoms with van der Waals surface area (Å²) in [6.45, 7) is 1.87. The normalized spacial score (nSPS) is 14.0. The van der Waals surface area contributed by atoms with Gasteiger partial charge in [0.05, 0.1) is 5.02 Å². The van der Waals surface area contributed by atoms with E-state index in [1.54, 1.807) is 36.2 Å². The number of carbonyl (C=O) groups is 2. The molecule has 0 unspecified atom stereocenters. The molecule has 0 spiro atoms. The van der Waals surface area contributed by atoms with Crippen molar-refractivity contribution < 1.29 is 14.3 Å². The van der Waals surface area contributed by atoms with Crippen molar-refractivity contribution in [2.75, 3.05) is 23.0 Å². The molecule has 1 aliphatic rings. The minimum Gasteiger partial charge on any atom is -0.482 e. The molecule has 0 radical (unpaired) electrons. The largest absolute Gasteiger partial charge is 0.482 e. The number of nitrogens with zero attached hydrogens (tertiary/aromatic N) is 2. The Hall–Kier alpha value is -3.58. The maximum atomic E-state index is 12.9. The molecule has 0 aliphatic carbocycles. The van der Waals surface area contributed by atoms with E-state index in [2.05, 4.69) is 10.3 Å². The Balaban J connectivity index is 1.50. The number of rotatable bonds is 5. The highest BCUT2D eigenvalue weighted by Crippen LogP contribution is 2.30. The van der Waals surface area contributed by atoms with E-state index >= 15 is 0 Å². The van der Waals surface area contributed by atoms with Crippen molar-refractivity contribution in [1.29, 1.82) is 0 Å². The topological polar surface area (TPSA) is 97.6 Å². The lowest BCUT2D eigenvalue weighted by atomic mass is 9.99. The molecular formula is C24H23ClN4O3. The molecule has 0 saturated heterocycles. The maximum absolute atomic E-state index is 12.9. The molecule has 32 heavy (non-hydrogen) atoms. The summed E-state index contributed by atoms with van der Waals surface area (Å²) in [6, 6.07) is 14.4. The van der Waals surface area contributed by atoms with Crippen LogP contribution in [0.4, 0.5) is 17.2 Å². The highest BCUT2D eigenvalue weighted by atomic mass is 35.5. The van der Waals surface area contributed by atoms with Gasteiger partial charge in [-0.25, -0.2) is 4.98 Å². The fraction of sp³-hybridized carbons (Fsp3) is 0.208. The van der Waals surface area contributed by atoms with Crippen LogP contribution in [0.1, 0.15) is 40.9 Å². The van der Waals surface area contributed by atoms with Crippen LogP contribution in [-0.2, 0) is 11.2 Å². The Morgan fingerprint density at radius 3 is 2.84 bits per heavy atom. The zero-order valence-corrected chi connectivity index (χ0v) is 18.5. The van der Waals surface area contributed by atoms with Crippen LogP contribution in [0.2, 0.25) is 5.02 Å². The number of nitrogens with one attached hydrogen (secondary N) is 1. The molecular weight excluding hydrogens is 428 g/mol. The number of ether oxygens (including phenoxy) is 1. The lowest BCUT2D eigenvalue weighted by Gasteiger charge is -2.26. The Morgan fingerprint density at radius 2 is 2.03 bits per heavy atom. The van der Waals surface area contributed by atoms with Gasteiger partial charge in [-0.1, -0.05) is 29.8 Å². The lowest BCUT2D eigenvalue weighted by molar-refractivity contribution is -0.118. The number of amides is 2. The van der Waals surface area contributed by atoms with Crippen LogP contribution in [0.3, 0.4) is 0 Å². The number of nitrogen functional groups attached to an aromatic ring is 1. The standard InChI is InChI=1S/C24H23ClN4O3/c1-14(32-21-12-18(25)13-27-23(21)26)16-4-3-5-19(10-16)28-24(31)17-7-6-15-8-9-22(30)29(2)20(15)11-17/h3-7,10-14H,8-9H2,1-2H3,(H2,26,27)(H,28,31)/t14-/m1/s1. The zero-order chi connectivity index (χ0) is 22.8. The number of hydrogen-bond donors (Lipinski definition) is 2. The molecule has 1 aliphatic heterocycles. The summed E-state index contributed by atoms with van der Waals surface area (Å²) >= 11 is 5.98. The molecule has 2 aromatic carbocycles. The smallest absolute Gasteiger partial charge is 0.255 e. The molecule has 164 valence electrons. The van der Waals surface area contributed by atoms with Crippen LogP contribution < -0.4 is 20.7 Å². The molecule has 7 nitrogen and oxygen atoms in total. The first kappa shape index (κ1) is 21.6. The van der Waals surface area contributed by atoms with E-state index in [0.29, 0.717) is 34.9 Å². The summed E-state index contributed by atoms with van der Waals surface area (Å²) in [4.78, 5) is 30.5. The van der Waals surface area contributed by atoms with Crippen LogP contribution in [0.5, 0.6) is 5.75 Å². The van der Waals surface area contributed by atoms with Crippen molar-refractivity contribution in [3.63, 3.8) is 0 Å². The van der Waals surface area contributed by atoms with Crippen molar-refractivity contribution in [3.05, 3.63) is 76.4 Å². The molecule has 0 bridgehead atoms. The molecule has 3 N–H and O–H groups in total. The summed E-state index contributed by atoms with van der Waals surface area (Å²) in [5.74, 6) is 0.439. The summed E-state index contributed by atoms with van der Waals surface area (Å²) in [5.41, 5.74) is 9.66. The fourth-order valence-electron chi connectivity index (χ4n) is 3.63. The van der Waals surface area contributed by atoms with Gasteiger partial charge in [0.15, 0.2) is 11.6 Å². The number of pyridine rings is 1. The molecule has 0 fully saturated rings. The fourth-order valence-corrected chi connectivity index (χ4v) is 3.78. The predicted octanol–water partition coefficient (Wildman–Crippen LogP) is 4.62. The summed E-state index contributed by atoms with van der Waals surface area (Å²) in [7, 11) is 1.73. The van der Waals surface area contributed by atoms with E-state index < -0.39 is 0 Å². The van der Waals surface area contributed by atoms with Crippen LogP contribution in [0.15, 0.2) is 54.7 Å². The lowest BCUT2D eigenvalue weighted by Crippen LogP contribution is -2.31. The van der Waals surface area contributed by atoms with Gasteiger partial charge < -0.3 is 20.7 Å². The van der Waals surface area contributed by atoms with Crippen molar-refractivity contribution in [1.82, 2.24) is 4.98 Å². The van der Waals surface area contributed by atoms with Crippen molar-refractivity contribution in [3.8, 4) is 5.75 Å². The van der Waals surface area contributed by atoms with Gasteiger partial charge in [0.25, 0.3) is 5.91 Å². The van der Waals surface area contributed by atoms with E-state index in [-0.39, 0.29) is 23.7 Å². The highest BCUT2D eigenvalue weighted by Gasteiger charge is 2.22. The second-order valence-electron chi connectivity index (χ2n) is 7.67. The average molecular weight is 451 g/mol. The number of aryl methyl sites for hydroxylation is 1. The first-order valence-electron chi connectivity index (χ1n) is 10.2. The van der Waals surface area contributed by atoms with Crippen LogP contribution in [0.25, 0.3) is 0 Å². The van der Waals surface area contributed by atoms with Crippen LogP contribution >= 0.6 is 11.6 Å². The van der Waals surface area contributed by atoms with E-state index in [9.17, 15) is 9.59 Å². The second-order valence-corrected chi connectivity index (χ2v) is 8.11. The van der Waals surface area contributed by atoms with Crippen molar-refractivity contribution >= 4 is 40.6 Å². The Kier molecular flexibility index (Phi) is 6.01. The Labute approximate surface area is 191 Å². The van der Waals surface area contributed by atoms with Crippen LogP contribution in [-0.4, -0.2) is 23.8 Å². The number of nitrogens with two attached hydrogens (primary N) is 1. The summed E-state index contributed by atoms with van der Waals surface area (Å²) < 4.78 is 5.92. The summed E-state index contributed by atoms with van der Waals surface area (Å²) in [6.07, 6.45) is 2.28. The number of fused-ring (bicyclic) bond motifs is 1. The van der Waals surface area contributed by atoms with Crippen molar-refractivity contribution in [2.24, 2.45) is 0 Å². The first-order valence-corrected chi connectivity index (χ1v) is 10.6. The third kappa shape index (κ3) is 4.53. The number of anilines is 3. The van der Waals surface area contributed by atoms with Crippen molar-refractivity contribution in [2.45, 2.75) is 25.9 Å². The predicted molar refractivity (Wildman–Crippen MR) is 125 cm³/mol. The number of hydrogen-bond acceptors (Lipinski definition) is 5. The van der Waals surface area contributed by atoms with E-state index in [1.807, 2.05) is 31.2 Å². The zero-order valence-electron chi connectivity index (χ0n) is 17.8. The van der Waals surface area contributed by atoms with Gasteiger partial charge in [-0.3, -0.25) is 9.59 Å².